The number of hydrogen-bond donors (Lipinski definition) is 8. The smallest absolute Gasteiger partial charge is 0.315 e. The van der Waals surface area contributed by atoms with Gasteiger partial charge >= 0.3 is 6.03 Å². The number of nitrogens with one attached hydrogen (secondary N) is 4. The largest absolute Gasteiger partial charge is 0.462 e. The van der Waals surface area contributed by atoms with E-state index in [0.717, 1.165) is 25.0 Å². The monoisotopic (exact) mass is 692 g/mol. The fourth-order valence-corrected chi connectivity index (χ4v) is 8.54. The van der Waals surface area contributed by atoms with E-state index in [1.165, 1.54) is 35.1 Å². The zero-order valence-electron chi connectivity index (χ0n) is 24.5. The molecular formula is C28H41FN4O9S3. The Morgan fingerprint density at radius 3 is 2.47 bits per heavy atom. The van der Waals surface area contributed by atoms with Crippen LogP contribution < -0.4 is 26.0 Å². The van der Waals surface area contributed by atoms with Crippen molar-refractivity contribution in [1.29, 1.82) is 0 Å². The average molecular weight is 693 g/mol. The molecule has 3 aliphatic rings. The minimum atomic E-state index is -1.91. The van der Waals surface area contributed by atoms with Crippen LogP contribution in [0.1, 0.15) is 37.4 Å². The molecule has 0 spiro atoms. The Hall–Kier alpha value is -1.99. The third-order valence-electron chi connectivity index (χ3n) is 7.66. The van der Waals surface area contributed by atoms with Gasteiger partial charge in [0.1, 0.15) is 30.2 Å². The summed E-state index contributed by atoms with van der Waals surface area (Å²) in [7, 11) is 3.06. The molecule has 8 N–H and O–H groups in total. The second-order valence-corrected chi connectivity index (χ2v) is 14.9. The van der Waals surface area contributed by atoms with Crippen LogP contribution in [0, 0.1) is 0 Å². The number of halogens is 1. The van der Waals surface area contributed by atoms with Gasteiger partial charge in [0.05, 0.1) is 18.7 Å². The molecule has 1 aromatic carbocycles. The van der Waals surface area contributed by atoms with E-state index in [0.29, 0.717) is 29.7 Å². The third kappa shape index (κ3) is 10.2. The highest BCUT2D eigenvalue weighted by atomic mass is 33.1. The lowest BCUT2D eigenvalue weighted by Crippen LogP contribution is -2.60. The lowest BCUT2D eigenvalue weighted by molar-refractivity contribution is -0.277. The number of aliphatic hydroxyl groups excluding tert-OH is 4. The minimum Gasteiger partial charge on any atom is -0.462 e. The van der Waals surface area contributed by atoms with Crippen molar-refractivity contribution in [3.8, 4) is 5.75 Å². The number of thioether (sulfide) groups is 1. The van der Waals surface area contributed by atoms with Crippen molar-refractivity contribution in [1.82, 2.24) is 21.3 Å². The van der Waals surface area contributed by atoms with Crippen LogP contribution in [-0.2, 0) is 14.3 Å². The molecule has 1 aromatic rings. The van der Waals surface area contributed by atoms with Crippen LogP contribution in [0.15, 0.2) is 24.3 Å². The number of fused-ring (bicyclic) bond motifs is 1. The van der Waals surface area contributed by atoms with E-state index in [9.17, 15) is 39.2 Å². The summed E-state index contributed by atoms with van der Waals surface area (Å²) in [5.41, 5.74) is 0.0945. The molecule has 0 saturated carbocycles. The van der Waals surface area contributed by atoms with Crippen LogP contribution in [0.2, 0.25) is 0 Å². The van der Waals surface area contributed by atoms with Crippen LogP contribution in [0.4, 0.5) is 9.18 Å². The molecule has 3 heterocycles. The van der Waals surface area contributed by atoms with Gasteiger partial charge in [-0.2, -0.15) is 11.8 Å². The number of carbonyl (C=O) groups is 3. The predicted molar refractivity (Wildman–Crippen MR) is 170 cm³/mol. The number of rotatable bonds is 17. The zero-order chi connectivity index (χ0) is 32.3. The Morgan fingerprint density at radius 2 is 1.76 bits per heavy atom. The molecule has 0 aromatic heterocycles. The molecule has 4 rings (SSSR count). The molecule has 0 aliphatic carbocycles. The summed E-state index contributed by atoms with van der Waals surface area (Å²) in [6.45, 7) is 0.205. The highest BCUT2D eigenvalue weighted by Crippen LogP contribution is 2.33. The second kappa shape index (κ2) is 17.8. The van der Waals surface area contributed by atoms with Gasteiger partial charge < -0.3 is 51.2 Å². The SMILES string of the molecule is O=C(CCCC[C@@H]1SC[C@@H]2NC(=O)N[C@@H]21)NCCSSCCNC(=O)C(F)c1ccc(O[C@H]2O[C@H](CO)[C@H](O)[C@H](O)[C@H]2O)cc1. The summed E-state index contributed by atoms with van der Waals surface area (Å²) in [5, 5.41) is 50.9. The van der Waals surface area contributed by atoms with E-state index >= 15 is 0 Å². The number of urea groups is 1. The van der Waals surface area contributed by atoms with Gasteiger partial charge in [0, 0.05) is 42.0 Å². The number of ether oxygens (including phenoxy) is 2. The normalized spacial score (nSPS) is 29.8. The predicted octanol–water partition coefficient (Wildman–Crippen LogP) is 0.216. The summed E-state index contributed by atoms with van der Waals surface area (Å²) in [4.78, 5) is 35.8. The van der Waals surface area contributed by atoms with Crippen LogP contribution >= 0.6 is 33.3 Å². The number of benzene rings is 1. The Morgan fingerprint density at radius 1 is 1.04 bits per heavy atom. The Bertz CT molecular complexity index is 1130. The van der Waals surface area contributed by atoms with Crippen molar-refractivity contribution < 1.29 is 48.7 Å². The molecule has 0 radical (unpaired) electrons. The van der Waals surface area contributed by atoms with Crippen molar-refractivity contribution in [3.05, 3.63) is 29.8 Å². The molecule has 3 aliphatic heterocycles. The number of carbonyl (C=O) groups excluding carboxylic acids is 3. The Balaban J connectivity index is 1.01. The number of hydrogen-bond acceptors (Lipinski definition) is 12. The van der Waals surface area contributed by atoms with Gasteiger partial charge in [-0.3, -0.25) is 9.59 Å². The van der Waals surface area contributed by atoms with Crippen LogP contribution in [0.3, 0.4) is 0 Å². The minimum absolute atomic E-state index is 0.0168. The summed E-state index contributed by atoms with van der Waals surface area (Å²) in [6.07, 6.45) is -5.89. The molecular weight excluding hydrogens is 652 g/mol. The highest BCUT2D eigenvalue weighted by Gasteiger charge is 2.45. The fourth-order valence-electron chi connectivity index (χ4n) is 5.18. The summed E-state index contributed by atoms with van der Waals surface area (Å²) in [6, 6.07) is 5.76. The molecule has 9 atom stereocenters. The topological polar surface area (TPSA) is 199 Å². The molecule has 13 nitrogen and oxygen atoms in total. The van der Waals surface area contributed by atoms with Crippen LogP contribution in [0.5, 0.6) is 5.75 Å². The summed E-state index contributed by atoms with van der Waals surface area (Å²) >= 11 is 1.87. The lowest BCUT2D eigenvalue weighted by atomic mass is 9.99. The zero-order valence-corrected chi connectivity index (χ0v) is 27.0. The van der Waals surface area contributed by atoms with Gasteiger partial charge in [0.2, 0.25) is 18.4 Å². The number of alkyl halides is 1. The molecule has 3 saturated heterocycles. The van der Waals surface area contributed by atoms with E-state index in [2.05, 4.69) is 21.3 Å². The highest BCUT2D eigenvalue weighted by molar-refractivity contribution is 8.76. The second-order valence-electron chi connectivity index (χ2n) is 10.9. The first-order valence-corrected chi connectivity index (χ1v) is 18.4. The van der Waals surface area contributed by atoms with E-state index in [1.54, 1.807) is 10.8 Å². The van der Waals surface area contributed by atoms with Crippen LogP contribution in [-0.4, -0.2) is 123 Å². The molecule has 17 heteroatoms. The Labute approximate surface area is 272 Å². The van der Waals surface area contributed by atoms with Crippen molar-refractivity contribution >= 4 is 51.2 Å². The van der Waals surface area contributed by atoms with Gasteiger partial charge in [0.15, 0.2) is 0 Å². The number of aliphatic hydroxyl groups is 4. The summed E-state index contributed by atoms with van der Waals surface area (Å²) in [5.74, 6) is 1.58. The van der Waals surface area contributed by atoms with Gasteiger partial charge in [-0.05, 0) is 30.5 Å². The first-order chi connectivity index (χ1) is 21.7. The van der Waals surface area contributed by atoms with Gasteiger partial charge in [0.25, 0.3) is 5.91 Å². The maximum absolute atomic E-state index is 14.7. The first-order valence-electron chi connectivity index (χ1n) is 14.9. The number of amides is 4. The van der Waals surface area contributed by atoms with E-state index in [1.807, 2.05) is 11.8 Å². The standard InChI is InChI=1S/C28H41FN4O9S3/c29-21(15-5-7-16(8-6-15)41-27-25(38)24(37)23(36)18(13-34)42-27)26(39)31-10-12-45-44-11-9-30-20(35)4-2-1-3-19-22-17(14-43-19)32-28(40)33-22/h5-8,17-19,21-25,27,34,36-38H,1-4,9-14H2,(H,30,35)(H,31,39)(H2,32,33,40)/t17-,18+,19-,21?,22-,23-,24-,25+,27-/m0/s1. The molecule has 252 valence electrons. The first kappa shape index (κ1) is 35.9. The maximum atomic E-state index is 14.7. The average Bonchev–Trinajstić information content (AvgIpc) is 3.59. The molecule has 45 heavy (non-hydrogen) atoms. The Kier molecular flexibility index (Phi) is 14.2. The lowest BCUT2D eigenvalue weighted by Gasteiger charge is -2.39. The number of unbranched alkanes of at least 4 members (excludes halogenated alkanes) is 1. The van der Waals surface area contributed by atoms with E-state index < -0.39 is 49.4 Å². The molecule has 0 bridgehead atoms. The fraction of sp³-hybridized carbons (Fsp3) is 0.679. The quantitative estimate of drug-likeness (QED) is 0.0629. The van der Waals surface area contributed by atoms with E-state index in [-0.39, 0.29) is 41.9 Å². The molecule has 1 unspecified atom stereocenters. The maximum Gasteiger partial charge on any atom is 0.315 e. The van der Waals surface area contributed by atoms with Crippen LogP contribution in [0.25, 0.3) is 0 Å². The third-order valence-corrected chi connectivity index (χ3v) is 11.6. The van der Waals surface area contributed by atoms with Gasteiger partial charge in [-0.15, -0.1) is 0 Å². The molecule has 4 amide bonds. The van der Waals surface area contributed by atoms with Gasteiger partial charge in [-0.25, -0.2) is 9.18 Å². The van der Waals surface area contributed by atoms with Crippen molar-refractivity contribution in [2.45, 2.75) is 79.9 Å². The van der Waals surface area contributed by atoms with Crippen molar-refractivity contribution in [3.63, 3.8) is 0 Å². The van der Waals surface area contributed by atoms with Crippen molar-refractivity contribution in [2.75, 3.05) is 37.0 Å². The molecule has 3 fully saturated rings. The van der Waals surface area contributed by atoms with Gasteiger partial charge in [-0.1, -0.05) is 40.1 Å². The van der Waals surface area contributed by atoms with E-state index in [4.69, 9.17) is 9.47 Å². The summed E-state index contributed by atoms with van der Waals surface area (Å²) < 4.78 is 25.5. The van der Waals surface area contributed by atoms with Crippen molar-refractivity contribution in [2.24, 2.45) is 0 Å².